The third-order valence-corrected chi connectivity index (χ3v) is 3.17. The fourth-order valence-electron chi connectivity index (χ4n) is 1.99. The lowest BCUT2D eigenvalue weighted by atomic mass is 10.2. The van der Waals surface area contributed by atoms with Gasteiger partial charge in [-0.15, -0.1) is 0 Å². The van der Waals surface area contributed by atoms with E-state index in [0.29, 0.717) is 11.4 Å². The van der Waals surface area contributed by atoms with Crippen molar-refractivity contribution in [1.82, 2.24) is 0 Å². The van der Waals surface area contributed by atoms with E-state index < -0.39 is 23.9 Å². The molecule has 0 saturated heterocycles. The third kappa shape index (κ3) is 5.49. The second-order valence-corrected chi connectivity index (χ2v) is 5.10. The molecule has 2 aromatic rings. The van der Waals surface area contributed by atoms with Crippen LogP contribution < -0.4 is 15.4 Å². The largest absolute Gasteiger partial charge is 0.481 e. The molecule has 25 heavy (non-hydrogen) atoms. The van der Waals surface area contributed by atoms with Crippen LogP contribution in [0.25, 0.3) is 0 Å². The van der Waals surface area contributed by atoms with Crippen LogP contribution in [0.15, 0.2) is 48.5 Å². The van der Waals surface area contributed by atoms with E-state index in [-0.39, 0.29) is 12.3 Å². The average Bonchev–Trinajstić information content (AvgIpc) is 2.57. The zero-order valence-electron chi connectivity index (χ0n) is 13.9. The van der Waals surface area contributed by atoms with Crippen LogP contribution in [0.5, 0.6) is 5.75 Å². The summed E-state index contributed by atoms with van der Waals surface area (Å²) < 4.78 is 23.9. The fourth-order valence-corrected chi connectivity index (χ4v) is 1.99. The molecular formula is C18H19FN2O4. The molecule has 0 fully saturated rings. The summed E-state index contributed by atoms with van der Waals surface area (Å²) in [7, 11) is 0. The smallest absolute Gasteiger partial charge is 0.411 e. The number of rotatable bonds is 6. The number of nitrogens with one attached hydrogen (secondary N) is 2. The van der Waals surface area contributed by atoms with E-state index in [0.717, 1.165) is 0 Å². The van der Waals surface area contributed by atoms with Crippen LogP contribution in [0.2, 0.25) is 0 Å². The number of halogens is 1. The second kappa shape index (κ2) is 8.68. The SMILES string of the molecule is CCOC(=O)Nc1cccc(OC(C)C(=O)Nc2ccccc2F)c1. The van der Waals surface area contributed by atoms with Crippen molar-refractivity contribution >= 4 is 23.4 Å². The summed E-state index contributed by atoms with van der Waals surface area (Å²) in [6, 6.07) is 12.4. The Morgan fingerprint density at radius 3 is 2.60 bits per heavy atom. The zero-order valence-corrected chi connectivity index (χ0v) is 13.9. The standard InChI is InChI=1S/C18H19FN2O4/c1-3-24-18(23)20-13-7-6-8-14(11-13)25-12(2)17(22)21-16-10-5-4-9-15(16)19/h4-12H,3H2,1-2H3,(H,20,23)(H,21,22). The number of para-hydroxylation sites is 1. The first-order valence-electron chi connectivity index (χ1n) is 7.75. The number of hydrogen-bond donors (Lipinski definition) is 2. The van der Waals surface area contributed by atoms with Gasteiger partial charge in [-0.1, -0.05) is 18.2 Å². The monoisotopic (exact) mass is 346 g/mol. The molecule has 0 bridgehead atoms. The van der Waals surface area contributed by atoms with E-state index in [1.54, 1.807) is 44.2 Å². The summed E-state index contributed by atoms with van der Waals surface area (Å²) in [5.74, 6) is -0.636. The highest BCUT2D eigenvalue weighted by Gasteiger charge is 2.16. The van der Waals surface area contributed by atoms with Crippen LogP contribution in [0.1, 0.15) is 13.8 Å². The first kappa shape index (κ1) is 18.3. The Morgan fingerprint density at radius 2 is 1.88 bits per heavy atom. The second-order valence-electron chi connectivity index (χ2n) is 5.10. The van der Waals surface area contributed by atoms with Gasteiger partial charge in [0.1, 0.15) is 11.6 Å². The molecule has 1 atom stereocenters. The number of carbonyl (C=O) groups is 2. The highest BCUT2D eigenvalue weighted by atomic mass is 19.1. The zero-order chi connectivity index (χ0) is 18.2. The predicted octanol–water partition coefficient (Wildman–Crippen LogP) is 3.80. The minimum absolute atomic E-state index is 0.0840. The van der Waals surface area contributed by atoms with Crippen LogP contribution >= 0.6 is 0 Å². The van der Waals surface area contributed by atoms with Gasteiger partial charge in [0.15, 0.2) is 6.10 Å². The molecule has 0 spiro atoms. The molecule has 2 rings (SSSR count). The Labute approximate surface area is 144 Å². The Bertz CT molecular complexity index is 751. The van der Waals surface area contributed by atoms with E-state index in [1.165, 1.54) is 18.2 Å². The summed E-state index contributed by atoms with van der Waals surface area (Å²) >= 11 is 0. The Balaban J connectivity index is 1.97. The van der Waals surface area contributed by atoms with Gasteiger partial charge >= 0.3 is 6.09 Å². The fraction of sp³-hybridized carbons (Fsp3) is 0.222. The number of ether oxygens (including phenoxy) is 2. The predicted molar refractivity (Wildman–Crippen MR) is 92.2 cm³/mol. The van der Waals surface area contributed by atoms with Crippen molar-refractivity contribution in [3.63, 3.8) is 0 Å². The van der Waals surface area contributed by atoms with Gasteiger partial charge in [-0.05, 0) is 38.1 Å². The van der Waals surface area contributed by atoms with Gasteiger partial charge < -0.3 is 14.8 Å². The summed E-state index contributed by atoms with van der Waals surface area (Å²) in [4.78, 5) is 23.5. The van der Waals surface area contributed by atoms with E-state index in [1.807, 2.05) is 0 Å². The number of benzene rings is 2. The molecule has 6 nitrogen and oxygen atoms in total. The van der Waals surface area contributed by atoms with Crippen molar-refractivity contribution in [2.75, 3.05) is 17.2 Å². The van der Waals surface area contributed by atoms with E-state index in [9.17, 15) is 14.0 Å². The molecular weight excluding hydrogens is 327 g/mol. The van der Waals surface area contributed by atoms with Gasteiger partial charge in [0.05, 0.1) is 12.3 Å². The Hall–Kier alpha value is -3.09. The van der Waals surface area contributed by atoms with Gasteiger partial charge in [-0.2, -0.15) is 0 Å². The van der Waals surface area contributed by atoms with E-state index in [4.69, 9.17) is 9.47 Å². The molecule has 2 amide bonds. The molecule has 0 aliphatic heterocycles. The molecule has 7 heteroatoms. The maximum absolute atomic E-state index is 13.6. The normalized spacial score (nSPS) is 11.3. The molecule has 132 valence electrons. The van der Waals surface area contributed by atoms with Crippen molar-refractivity contribution < 1.29 is 23.5 Å². The molecule has 0 aliphatic carbocycles. The molecule has 0 aliphatic rings. The highest BCUT2D eigenvalue weighted by Crippen LogP contribution is 2.20. The van der Waals surface area contributed by atoms with E-state index in [2.05, 4.69) is 10.6 Å². The van der Waals surface area contributed by atoms with Crippen molar-refractivity contribution in [2.24, 2.45) is 0 Å². The van der Waals surface area contributed by atoms with Gasteiger partial charge in [0.2, 0.25) is 0 Å². The molecule has 0 radical (unpaired) electrons. The topological polar surface area (TPSA) is 76.7 Å². The van der Waals surface area contributed by atoms with Gasteiger partial charge in [0.25, 0.3) is 5.91 Å². The number of carbonyl (C=O) groups excluding carboxylic acids is 2. The number of anilines is 2. The lowest BCUT2D eigenvalue weighted by Gasteiger charge is -2.15. The van der Waals surface area contributed by atoms with Crippen molar-refractivity contribution in [1.29, 1.82) is 0 Å². The van der Waals surface area contributed by atoms with Crippen molar-refractivity contribution in [3.8, 4) is 5.75 Å². The quantitative estimate of drug-likeness (QED) is 0.834. The summed E-state index contributed by atoms with van der Waals surface area (Å²) in [5, 5.41) is 5.01. The van der Waals surface area contributed by atoms with Crippen molar-refractivity contribution in [2.45, 2.75) is 20.0 Å². The molecule has 2 aromatic carbocycles. The summed E-state index contributed by atoms with van der Waals surface area (Å²) in [6.45, 7) is 3.51. The van der Waals surface area contributed by atoms with Crippen LogP contribution in [0.3, 0.4) is 0 Å². The first-order chi connectivity index (χ1) is 12.0. The highest BCUT2D eigenvalue weighted by molar-refractivity contribution is 5.94. The van der Waals surface area contributed by atoms with Gasteiger partial charge in [0, 0.05) is 11.8 Å². The minimum atomic E-state index is -0.863. The van der Waals surface area contributed by atoms with Crippen molar-refractivity contribution in [3.05, 3.63) is 54.3 Å². The van der Waals surface area contributed by atoms with Crippen LogP contribution in [0, 0.1) is 5.82 Å². The van der Waals surface area contributed by atoms with Crippen LogP contribution in [-0.4, -0.2) is 24.7 Å². The first-order valence-corrected chi connectivity index (χ1v) is 7.75. The maximum atomic E-state index is 13.6. The molecule has 2 N–H and O–H groups in total. The summed E-state index contributed by atoms with van der Waals surface area (Å²) in [5.41, 5.74) is 0.554. The third-order valence-electron chi connectivity index (χ3n) is 3.17. The molecule has 0 aromatic heterocycles. The maximum Gasteiger partial charge on any atom is 0.411 e. The minimum Gasteiger partial charge on any atom is -0.481 e. The Morgan fingerprint density at radius 1 is 1.12 bits per heavy atom. The van der Waals surface area contributed by atoms with Crippen LogP contribution in [0.4, 0.5) is 20.6 Å². The molecule has 1 unspecified atom stereocenters. The summed E-state index contributed by atoms with van der Waals surface area (Å²) in [6.07, 6.45) is -1.44. The number of hydrogen-bond acceptors (Lipinski definition) is 4. The van der Waals surface area contributed by atoms with E-state index >= 15 is 0 Å². The van der Waals surface area contributed by atoms with Gasteiger partial charge in [-0.25, -0.2) is 9.18 Å². The lowest BCUT2D eigenvalue weighted by Crippen LogP contribution is -2.30. The number of amides is 2. The Kier molecular flexibility index (Phi) is 6.33. The average molecular weight is 346 g/mol. The van der Waals surface area contributed by atoms with Crippen LogP contribution in [-0.2, 0) is 9.53 Å². The molecule has 0 saturated carbocycles. The van der Waals surface area contributed by atoms with Gasteiger partial charge in [-0.3, -0.25) is 10.1 Å². The molecule has 0 heterocycles. The lowest BCUT2D eigenvalue weighted by molar-refractivity contribution is -0.122.